The summed E-state index contributed by atoms with van der Waals surface area (Å²) in [6, 6.07) is 0. The second-order valence-corrected chi connectivity index (χ2v) is 6.70. The Morgan fingerprint density at radius 1 is 0.889 bits per heavy atom. The van der Waals surface area contributed by atoms with Crippen molar-refractivity contribution in [3.63, 3.8) is 0 Å². The van der Waals surface area contributed by atoms with Crippen LogP contribution in [0.4, 0.5) is 0 Å². The molecule has 0 aromatic heterocycles. The van der Waals surface area contributed by atoms with E-state index in [2.05, 4.69) is 19.9 Å². The van der Waals surface area contributed by atoms with Crippen LogP contribution in [0.1, 0.15) is 60.3 Å². The van der Waals surface area contributed by atoms with Gasteiger partial charge in [0.05, 0.1) is 0 Å². The van der Waals surface area contributed by atoms with Gasteiger partial charge in [-0.15, -0.1) is 0 Å². The first-order chi connectivity index (χ1) is 8.70. The molecule has 0 spiro atoms. The second kappa shape index (κ2) is 10.7. The molecule has 0 atom stereocenters. The van der Waals surface area contributed by atoms with E-state index in [1.807, 2.05) is 20.8 Å². The van der Waals surface area contributed by atoms with Crippen molar-refractivity contribution in [3.05, 3.63) is 11.3 Å². The van der Waals surface area contributed by atoms with Crippen LogP contribution in [0, 0.1) is 0 Å². The highest BCUT2D eigenvalue weighted by atomic mass is 28.4. The van der Waals surface area contributed by atoms with Gasteiger partial charge in [0.1, 0.15) is 0 Å². The molecule has 0 unspecified atom stereocenters. The van der Waals surface area contributed by atoms with E-state index in [4.69, 9.17) is 13.3 Å². The first kappa shape index (κ1) is 17.8. The standard InChI is InChI=1S/C14H30O3Si/c1-6-11-12-13-14(7-2)18(15-8-3,16-9-4)17-10-5/h13H,6-12H2,1-5H3. The normalized spacial score (nSPS) is 13.1. The minimum atomic E-state index is -2.61. The lowest BCUT2D eigenvalue weighted by Gasteiger charge is -2.30. The van der Waals surface area contributed by atoms with Gasteiger partial charge < -0.3 is 13.3 Å². The zero-order valence-corrected chi connectivity index (χ0v) is 13.8. The Bertz CT molecular complexity index is 212. The van der Waals surface area contributed by atoms with Crippen LogP contribution in [0.25, 0.3) is 0 Å². The lowest BCUT2D eigenvalue weighted by atomic mass is 10.2. The lowest BCUT2D eigenvalue weighted by Crippen LogP contribution is -2.48. The summed E-state index contributed by atoms with van der Waals surface area (Å²) in [7, 11) is -2.61. The van der Waals surface area contributed by atoms with E-state index >= 15 is 0 Å². The van der Waals surface area contributed by atoms with Gasteiger partial charge in [0.25, 0.3) is 0 Å². The van der Waals surface area contributed by atoms with Crippen molar-refractivity contribution in [1.82, 2.24) is 0 Å². The summed E-state index contributed by atoms with van der Waals surface area (Å²) in [6.07, 6.45) is 6.71. The van der Waals surface area contributed by atoms with E-state index < -0.39 is 8.80 Å². The molecule has 0 N–H and O–H groups in total. The number of hydrogen-bond acceptors (Lipinski definition) is 3. The van der Waals surface area contributed by atoms with Gasteiger partial charge in [-0.2, -0.15) is 0 Å². The number of allylic oxidation sites excluding steroid dienone is 2. The van der Waals surface area contributed by atoms with E-state index in [-0.39, 0.29) is 0 Å². The monoisotopic (exact) mass is 274 g/mol. The number of rotatable bonds is 11. The molecule has 3 nitrogen and oxygen atoms in total. The average Bonchev–Trinajstić information content (AvgIpc) is 2.35. The highest BCUT2D eigenvalue weighted by Crippen LogP contribution is 2.24. The highest BCUT2D eigenvalue weighted by molar-refractivity contribution is 6.68. The molecular formula is C14H30O3Si. The zero-order valence-electron chi connectivity index (χ0n) is 12.8. The first-order valence-electron chi connectivity index (χ1n) is 7.31. The molecule has 0 saturated carbocycles. The van der Waals surface area contributed by atoms with Gasteiger partial charge in [0.15, 0.2) is 0 Å². The maximum absolute atomic E-state index is 5.92. The number of unbranched alkanes of at least 4 members (excludes halogenated alkanes) is 2. The summed E-state index contributed by atoms with van der Waals surface area (Å²) in [5.41, 5.74) is 0. The average molecular weight is 274 g/mol. The maximum atomic E-state index is 5.92. The quantitative estimate of drug-likeness (QED) is 0.419. The molecule has 0 aliphatic rings. The molecule has 4 heteroatoms. The topological polar surface area (TPSA) is 27.7 Å². The van der Waals surface area contributed by atoms with Crippen LogP contribution in [0.2, 0.25) is 0 Å². The van der Waals surface area contributed by atoms with Gasteiger partial charge in [0, 0.05) is 19.8 Å². The Labute approximate surface area is 114 Å². The molecule has 108 valence electrons. The Balaban J connectivity index is 4.99. The van der Waals surface area contributed by atoms with Crippen LogP contribution in [0.3, 0.4) is 0 Å². The molecule has 0 aromatic carbocycles. The summed E-state index contributed by atoms with van der Waals surface area (Å²) in [4.78, 5) is 0. The molecular weight excluding hydrogens is 244 g/mol. The molecule has 0 amide bonds. The van der Waals surface area contributed by atoms with E-state index in [0.29, 0.717) is 19.8 Å². The van der Waals surface area contributed by atoms with Crippen molar-refractivity contribution in [2.45, 2.75) is 60.3 Å². The van der Waals surface area contributed by atoms with E-state index in [0.717, 1.165) is 12.8 Å². The van der Waals surface area contributed by atoms with E-state index in [9.17, 15) is 0 Å². The molecule has 0 radical (unpaired) electrons. The van der Waals surface area contributed by atoms with Gasteiger partial charge >= 0.3 is 8.80 Å². The van der Waals surface area contributed by atoms with Crippen molar-refractivity contribution < 1.29 is 13.3 Å². The Kier molecular flexibility index (Phi) is 10.6. The van der Waals surface area contributed by atoms with Crippen LogP contribution in [-0.4, -0.2) is 28.6 Å². The minimum absolute atomic E-state index is 0.636. The summed E-state index contributed by atoms with van der Waals surface area (Å²) >= 11 is 0. The van der Waals surface area contributed by atoms with Gasteiger partial charge in [-0.05, 0) is 38.8 Å². The van der Waals surface area contributed by atoms with Crippen molar-refractivity contribution in [1.29, 1.82) is 0 Å². The molecule has 0 bridgehead atoms. The molecule has 0 heterocycles. The predicted octanol–water partition coefficient (Wildman–Crippen LogP) is 4.10. The van der Waals surface area contributed by atoms with Crippen molar-refractivity contribution in [2.24, 2.45) is 0 Å². The third kappa shape index (κ3) is 5.65. The predicted molar refractivity (Wildman–Crippen MR) is 78.5 cm³/mol. The van der Waals surface area contributed by atoms with Crippen LogP contribution in [0.5, 0.6) is 0 Å². The zero-order chi connectivity index (χ0) is 13.9. The summed E-state index contributed by atoms with van der Waals surface area (Å²) in [5.74, 6) is 0. The largest absolute Gasteiger partial charge is 0.532 e. The molecule has 0 aromatic rings. The van der Waals surface area contributed by atoms with Crippen molar-refractivity contribution >= 4 is 8.80 Å². The molecule has 0 saturated heterocycles. The third-order valence-corrected chi connectivity index (χ3v) is 6.08. The smallest absolute Gasteiger partial charge is 0.370 e. The molecule has 18 heavy (non-hydrogen) atoms. The van der Waals surface area contributed by atoms with Crippen molar-refractivity contribution in [3.8, 4) is 0 Å². The lowest BCUT2D eigenvalue weighted by molar-refractivity contribution is 0.0798. The Hall–Kier alpha value is -0.163. The minimum Gasteiger partial charge on any atom is -0.370 e. The molecule has 0 fully saturated rings. The van der Waals surface area contributed by atoms with Gasteiger partial charge in [-0.3, -0.25) is 0 Å². The Morgan fingerprint density at radius 3 is 1.72 bits per heavy atom. The fourth-order valence-corrected chi connectivity index (χ4v) is 4.71. The molecule has 0 aliphatic carbocycles. The summed E-state index contributed by atoms with van der Waals surface area (Å²) < 4.78 is 17.8. The van der Waals surface area contributed by atoms with E-state index in [1.165, 1.54) is 18.0 Å². The van der Waals surface area contributed by atoms with Crippen LogP contribution in [0.15, 0.2) is 11.3 Å². The van der Waals surface area contributed by atoms with Gasteiger partial charge in [-0.1, -0.05) is 32.8 Å². The number of hydrogen-bond donors (Lipinski definition) is 0. The fraction of sp³-hybridized carbons (Fsp3) is 0.857. The molecule has 0 rings (SSSR count). The van der Waals surface area contributed by atoms with Crippen LogP contribution >= 0.6 is 0 Å². The first-order valence-corrected chi connectivity index (χ1v) is 9.04. The fourth-order valence-electron chi connectivity index (χ4n) is 1.94. The van der Waals surface area contributed by atoms with Gasteiger partial charge in [-0.25, -0.2) is 0 Å². The molecule has 0 aliphatic heterocycles. The highest BCUT2D eigenvalue weighted by Gasteiger charge is 2.43. The maximum Gasteiger partial charge on any atom is 0.532 e. The third-order valence-electron chi connectivity index (χ3n) is 2.73. The SMILES string of the molecule is CCCCC=C(CC)[Si](OCC)(OCC)OCC. The van der Waals surface area contributed by atoms with Crippen LogP contribution in [-0.2, 0) is 13.3 Å². The summed E-state index contributed by atoms with van der Waals surface area (Å²) in [5, 5.41) is 1.24. The Morgan fingerprint density at radius 2 is 1.39 bits per heavy atom. The summed E-state index contributed by atoms with van der Waals surface area (Å²) in [6.45, 7) is 12.3. The van der Waals surface area contributed by atoms with Gasteiger partial charge in [0.2, 0.25) is 0 Å². The second-order valence-electron chi connectivity index (χ2n) is 4.08. The van der Waals surface area contributed by atoms with E-state index in [1.54, 1.807) is 0 Å². The van der Waals surface area contributed by atoms with Crippen molar-refractivity contribution in [2.75, 3.05) is 19.8 Å². The van der Waals surface area contributed by atoms with Crippen LogP contribution < -0.4 is 0 Å².